The molecule has 0 radical (unpaired) electrons. The summed E-state index contributed by atoms with van der Waals surface area (Å²) in [5.41, 5.74) is 0. The van der Waals surface area contributed by atoms with Crippen molar-refractivity contribution in [2.75, 3.05) is 0 Å². The van der Waals surface area contributed by atoms with E-state index in [0.717, 1.165) is 0 Å². The summed E-state index contributed by atoms with van der Waals surface area (Å²) < 4.78 is 6.89. The van der Waals surface area contributed by atoms with Gasteiger partial charge >= 0.3 is 0 Å². The lowest BCUT2D eigenvalue weighted by atomic mass is 10.2. The zero-order valence-corrected chi connectivity index (χ0v) is 9.58. The lowest BCUT2D eigenvalue weighted by Gasteiger charge is -1.89. The molecule has 2 nitrogen and oxygen atoms in total. The van der Waals surface area contributed by atoms with Crippen molar-refractivity contribution in [3.05, 3.63) is 36.9 Å². The first-order valence-electron chi connectivity index (χ1n) is 4.91. The second-order valence-electron chi connectivity index (χ2n) is 3.88. The van der Waals surface area contributed by atoms with Crippen LogP contribution in [0.5, 0.6) is 0 Å². The number of fused-ring (bicyclic) bond motifs is 3. The molecule has 0 spiro atoms. The minimum Gasteiger partial charge on any atom is -0.206 e. The van der Waals surface area contributed by atoms with E-state index in [2.05, 4.69) is 60.1 Å². The molecule has 0 saturated heterocycles. The summed E-state index contributed by atoms with van der Waals surface area (Å²) in [6, 6.07) is 4.38. The van der Waals surface area contributed by atoms with Crippen LogP contribution in [0.3, 0.4) is 0 Å². The maximum atomic E-state index is 2.19. The van der Waals surface area contributed by atoms with Crippen molar-refractivity contribution in [2.45, 2.75) is 0 Å². The van der Waals surface area contributed by atoms with E-state index in [-0.39, 0.29) is 0 Å². The number of aryl methyl sites for hydroxylation is 2. The Bertz CT molecular complexity index is 599. The number of hydrogen-bond acceptors (Lipinski definition) is 1. The fourth-order valence-electron chi connectivity index (χ4n) is 1.87. The van der Waals surface area contributed by atoms with Crippen LogP contribution in [0.4, 0.5) is 0 Å². The highest BCUT2D eigenvalue weighted by molar-refractivity contribution is 7.25. The van der Waals surface area contributed by atoms with E-state index in [4.69, 9.17) is 0 Å². The highest BCUT2D eigenvalue weighted by atomic mass is 32.1. The minimum absolute atomic E-state index is 1.35. The van der Waals surface area contributed by atoms with Crippen LogP contribution in [0.2, 0.25) is 0 Å². The van der Waals surface area contributed by atoms with Crippen LogP contribution in [0.15, 0.2) is 36.9 Å². The number of aromatic nitrogens is 2. The second kappa shape index (κ2) is 3.00. The molecule has 3 heterocycles. The van der Waals surface area contributed by atoms with Crippen LogP contribution in [0.1, 0.15) is 0 Å². The lowest BCUT2D eigenvalue weighted by Crippen LogP contribution is -2.25. The quantitative estimate of drug-likeness (QED) is 0.505. The molecular weight excluding hydrogens is 204 g/mol. The molecule has 0 aliphatic rings. The summed E-state index contributed by atoms with van der Waals surface area (Å²) in [5.74, 6) is 0. The van der Waals surface area contributed by atoms with Gasteiger partial charge < -0.3 is 0 Å². The predicted octanol–water partition coefficient (Wildman–Crippen LogP) is 1.70. The molecule has 0 saturated carbocycles. The van der Waals surface area contributed by atoms with Gasteiger partial charge in [0.1, 0.15) is 14.1 Å². The zero-order chi connectivity index (χ0) is 10.4. The Labute approximate surface area is 92.0 Å². The Morgan fingerprint density at radius 1 is 0.867 bits per heavy atom. The van der Waals surface area contributed by atoms with Crippen molar-refractivity contribution in [2.24, 2.45) is 14.1 Å². The topological polar surface area (TPSA) is 7.76 Å². The Hall–Kier alpha value is -1.48. The lowest BCUT2D eigenvalue weighted by molar-refractivity contribution is -0.670. The monoisotopic (exact) mass is 216 g/mol. The van der Waals surface area contributed by atoms with Gasteiger partial charge in [-0.1, -0.05) is 0 Å². The van der Waals surface area contributed by atoms with E-state index >= 15 is 0 Å². The van der Waals surface area contributed by atoms with Gasteiger partial charge in [-0.05, 0) is 0 Å². The van der Waals surface area contributed by atoms with E-state index in [1.807, 2.05) is 11.3 Å². The van der Waals surface area contributed by atoms with Crippen molar-refractivity contribution in [3.8, 4) is 0 Å². The highest BCUT2D eigenvalue weighted by Crippen LogP contribution is 2.31. The molecule has 3 aromatic rings. The second-order valence-corrected chi connectivity index (χ2v) is 4.96. The molecule has 0 amide bonds. The number of thiophene rings is 1. The summed E-state index contributed by atoms with van der Waals surface area (Å²) in [6.07, 6.45) is 8.56. The first-order chi connectivity index (χ1) is 7.24. The largest absolute Gasteiger partial charge is 0.206 e. The number of hydrogen-bond donors (Lipinski definition) is 0. The average molecular weight is 216 g/mol. The summed E-state index contributed by atoms with van der Waals surface area (Å²) in [5, 5.41) is 2.71. The van der Waals surface area contributed by atoms with Gasteiger partial charge in [0.2, 0.25) is 0 Å². The van der Waals surface area contributed by atoms with E-state index in [9.17, 15) is 0 Å². The Kier molecular flexibility index (Phi) is 1.76. The molecule has 0 aromatic carbocycles. The fourth-order valence-corrected chi connectivity index (χ4v) is 3.12. The summed E-state index contributed by atoms with van der Waals surface area (Å²) >= 11 is 1.85. The molecule has 3 rings (SSSR count). The first kappa shape index (κ1) is 8.80. The third kappa shape index (κ3) is 1.31. The molecule has 0 fully saturated rings. The molecule has 74 valence electrons. The molecule has 0 bridgehead atoms. The Balaban J connectivity index is 2.51. The average Bonchev–Trinajstić information content (AvgIpc) is 2.53. The van der Waals surface area contributed by atoms with Crippen LogP contribution in [-0.2, 0) is 14.1 Å². The maximum absolute atomic E-state index is 2.19. The normalized spacial score (nSPS) is 11.3. The van der Waals surface area contributed by atoms with Crippen LogP contribution < -0.4 is 9.13 Å². The van der Waals surface area contributed by atoms with Gasteiger partial charge in [0.25, 0.3) is 0 Å². The predicted molar refractivity (Wildman–Crippen MR) is 61.7 cm³/mol. The summed E-state index contributed by atoms with van der Waals surface area (Å²) in [7, 11) is 4.12. The van der Waals surface area contributed by atoms with Crippen molar-refractivity contribution >= 4 is 31.5 Å². The number of nitrogens with zero attached hydrogens (tertiary/aromatic N) is 2. The fraction of sp³-hybridized carbons (Fsp3) is 0.167. The van der Waals surface area contributed by atoms with Crippen molar-refractivity contribution in [1.82, 2.24) is 0 Å². The maximum Gasteiger partial charge on any atom is 0.186 e. The third-order valence-electron chi connectivity index (χ3n) is 2.64. The summed E-state index contributed by atoms with van der Waals surface area (Å²) in [6.45, 7) is 0. The number of pyridine rings is 2. The van der Waals surface area contributed by atoms with Gasteiger partial charge in [0, 0.05) is 22.9 Å². The van der Waals surface area contributed by atoms with Gasteiger partial charge in [-0.2, -0.15) is 0 Å². The smallest absolute Gasteiger partial charge is 0.186 e. The van der Waals surface area contributed by atoms with Crippen LogP contribution in [0, 0.1) is 0 Å². The van der Waals surface area contributed by atoms with Crippen molar-refractivity contribution in [3.63, 3.8) is 0 Å². The van der Waals surface area contributed by atoms with Gasteiger partial charge in [-0.25, -0.2) is 9.13 Å². The zero-order valence-electron chi connectivity index (χ0n) is 8.77. The van der Waals surface area contributed by atoms with Crippen LogP contribution >= 0.6 is 11.3 Å². The standard InChI is InChI=1S/C12H12N2S/c1-13-5-3-9-10-4-6-14(2)8-12(10)15-11(9)7-13/h3-8H,1-2H3/q+2. The van der Waals surface area contributed by atoms with Gasteiger partial charge in [0.15, 0.2) is 24.8 Å². The molecule has 3 aromatic heterocycles. The molecule has 0 unspecified atom stereocenters. The Morgan fingerprint density at radius 3 is 1.80 bits per heavy atom. The van der Waals surface area contributed by atoms with E-state index in [1.54, 1.807) is 0 Å². The van der Waals surface area contributed by atoms with Gasteiger partial charge in [-0.15, -0.1) is 11.3 Å². The van der Waals surface area contributed by atoms with Crippen molar-refractivity contribution < 1.29 is 9.13 Å². The molecule has 0 atom stereocenters. The molecule has 0 aliphatic heterocycles. The first-order valence-corrected chi connectivity index (χ1v) is 5.72. The van der Waals surface area contributed by atoms with E-state index < -0.39 is 0 Å². The molecule has 3 heteroatoms. The van der Waals surface area contributed by atoms with E-state index in [0.29, 0.717) is 0 Å². The molecule has 0 N–H and O–H groups in total. The summed E-state index contributed by atoms with van der Waals surface area (Å²) in [4.78, 5) is 0. The SMILES string of the molecule is C[n+]1ccc2c(c1)sc1c[n+](C)ccc12. The van der Waals surface area contributed by atoms with Gasteiger partial charge in [-0.3, -0.25) is 0 Å². The molecular formula is C12H12N2S+2. The highest BCUT2D eigenvalue weighted by Gasteiger charge is 2.09. The third-order valence-corrected chi connectivity index (χ3v) is 3.73. The minimum atomic E-state index is 1.35. The molecule has 15 heavy (non-hydrogen) atoms. The van der Waals surface area contributed by atoms with Crippen molar-refractivity contribution in [1.29, 1.82) is 0 Å². The number of rotatable bonds is 0. The Morgan fingerprint density at radius 2 is 1.33 bits per heavy atom. The van der Waals surface area contributed by atoms with E-state index in [1.165, 1.54) is 20.2 Å². The van der Waals surface area contributed by atoms with Crippen LogP contribution in [0.25, 0.3) is 20.2 Å². The molecule has 0 aliphatic carbocycles. The van der Waals surface area contributed by atoms with Crippen LogP contribution in [-0.4, -0.2) is 0 Å². The van der Waals surface area contributed by atoms with Gasteiger partial charge in [0.05, 0.1) is 9.40 Å².